The van der Waals surface area contributed by atoms with Crippen LogP contribution in [0.25, 0.3) is 0 Å². The van der Waals surface area contributed by atoms with Crippen molar-refractivity contribution in [1.82, 2.24) is 4.98 Å². The van der Waals surface area contributed by atoms with Crippen LogP contribution in [0.1, 0.15) is 16.1 Å². The van der Waals surface area contributed by atoms with Crippen LogP contribution in [-0.4, -0.2) is 11.0 Å². The highest BCUT2D eigenvalue weighted by atomic mass is 35.5. The maximum atomic E-state index is 11.5. The van der Waals surface area contributed by atoms with Crippen LogP contribution in [0.2, 0.25) is 10.0 Å². The fourth-order valence-corrected chi connectivity index (χ4v) is 1.95. The minimum absolute atomic E-state index is 0.137. The van der Waals surface area contributed by atoms with Crippen LogP contribution in [0.4, 0.5) is 0 Å². The van der Waals surface area contributed by atoms with E-state index in [1.165, 1.54) is 0 Å². The Kier molecular flexibility index (Phi) is 3.71. The second-order valence-electron chi connectivity index (χ2n) is 3.44. The predicted octanol–water partition coefficient (Wildman–Crippen LogP) is 3.68. The molecule has 1 aromatic heterocycles. The number of esters is 1. The molecule has 0 bridgehead atoms. The Morgan fingerprint density at radius 2 is 1.94 bits per heavy atom. The number of carbonyl (C=O) groups is 1. The molecule has 0 spiro atoms. The first-order valence-corrected chi connectivity index (χ1v) is 5.66. The largest absolute Gasteiger partial charge is 0.456 e. The number of aromatic amines is 1. The summed E-state index contributed by atoms with van der Waals surface area (Å²) in [6.45, 7) is 0.137. The van der Waals surface area contributed by atoms with Crippen molar-refractivity contribution in [1.29, 1.82) is 0 Å². The van der Waals surface area contributed by atoms with Gasteiger partial charge in [-0.3, -0.25) is 0 Å². The molecule has 5 heteroatoms. The molecule has 1 heterocycles. The minimum atomic E-state index is -0.411. The Morgan fingerprint density at radius 3 is 2.53 bits per heavy atom. The summed E-state index contributed by atoms with van der Waals surface area (Å²) in [5, 5.41) is 1.03. The molecule has 0 aliphatic rings. The molecule has 88 valence electrons. The van der Waals surface area contributed by atoms with Crippen LogP contribution in [0.3, 0.4) is 0 Å². The quantitative estimate of drug-likeness (QED) is 0.864. The average Bonchev–Trinajstić information content (AvgIpc) is 2.78. The van der Waals surface area contributed by atoms with Gasteiger partial charge in [-0.2, -0.15) is 0 Å². The van der Waals surface area contributed by atoms with Crippen LogP contribution in [0.15, 0.2) is 36.5 Å². The predicted molar refractivity (Wildman–Crippen MR) is 66.4 cm³/mol. The standard InChI is InChI=1S/C12H9Cl2NO2/c13-9-4-8(5-10(14)6-9)7-17-12(16)11-2-1-3-15-11/h1-6,15H,7H2. The molecule has 0 unspecified atom stereocenters. The summed E-state index contributed by atoms with van der Waals surface area (Å²) in [7, 11) is 0. The third-order valence-corrected chi connectivity index (χ3v) is 2.55. The second-order valence-corrected chi connectivity index (χ2v) is 4.31. The number of carbonyl (C=O) groups excluding carboxylic acids is 1. The lowest BCUT2D eigenvalue weighted by atomic mass is 10.2. The van der Waals surface area contributed by atoms with Gasteiger partial charge < -0.3 is 9.72 Å². The first-order chi connectivity index (χ1) is 8.15. The van der Waals surface area contributed by atoms with Gasteiger partial charge in [0.2, 0.25) is 0 Å². The van der Waals surface area contributed by atoms with E-state index in [2.05, 4.69) is 4.98 Å². The first-order valence-electron chi connectivity index (χ1n) is 4.90. The fraction of sp³-hybridized carbons (Fsp3) is 0.0833. The smallest absolute Gasteiger partial charge is 0.355 e. The van der Waals surface area contributed by atoms with E-state index in [4.69, 9.17) is 27.9 Å². The van der Waals surface area contributed by atoms with Crippen LogP contribution in [0.5, 0.6) is 0 Å². The van der Waals surface area contributed by atoms with Crippen molar-refractivity contribution in [2.75, 3.05) is 0 Å². The Morgan fingerprint density at radius 1 is 1.24 bits per heavy atom. The first kappa shape index (κ1) is 12.0. The van der Waals surface area contributed by atoms with Crippen molar-refractivity contribution in [2.24, 2.45) is 0 Å². The Bertz CT molecular complexity index is 503. The van der Waals surface area contributed by atoms with Gasteiger partial charge in [0.15, 0.2) is 0 Å². The monoisotopic (exact) mass is 269 g/mol. The number of hydrogen-bond acceptors (Lipinski definition) is 2. The molecule has 0 saturated heterocycles. The number of aromatic nitrogens is 1. The van der Waals surface area contributed by atoms with E-state index in [0.717, 1.165) is 5.56 Å². The van der Waals surface area contributed by atoms with Crippen molar-refractivity contribution in [3.63, 3.8) is 0 Å². The molecule has 0 amide bonds. The molecule has 0 atom stereocenters. The number of benzene rings is 1. The van der Waals surface area contributed by atoms with E-state index in [-0.39, 0.29) is 6.61 Å². The summed E-state index contributed by atoms with van der Waals surface area (Å²) in [6, 6.07) is 8.41. The number of hydrogen-bond donors (Lipinski definition) is 1. The van der Waals surface area contributed by atoms with E-state index in [1.807, 2.05) is 0 Å². The van der Waals surface area contributed by atoms with Gasteiger partial charge in [-0.25, -0.2) is 4.79 Å². The number of H-pyrrole nitrogens is 1. The molecule has 2 rings (SSSR count). The summed E-state index contributed by atoms with van der Waals surface area (Å²) in [6.07, 6.45) is 1.66. The molecular weight excluding hydrogens is 261 g/mol. The summed E-state index contributed by atoms with van der Waals surface area (Å²) in [4.78, 5) is 14.3. The van der Waals surface area contributed by atoms with Crippen molar-refractivity contribution < 1.29 is 9.53 Å². The zero-order chi connectivity index (χ0) is 12.3. The topological polar surface area (TPSA) is 42.1 Å². The van der Waals surface area contributed by atoms with E-state index < -0.39 is 5.97 Å². The van der Waals surface area contributed by atoms with Gasteiger partial charge >= 0.3 is 5.97 Å². The highest BCUT2D eigenvalue weighted by Crippen LogP contribution is 2.19. The van der Waals surface area contributed by atoms with Gasteiger partial charge in [0.05, 0.1) is 0 Å². The number of nitrogens with one attached hydrogen (secondary N) is 1. The van der Waals surface area contributed by atoms with Crippen molar-refractivity contribution >= 4 is 29.2 Å². The van der Waals surface area contributed by atoms with E-state index in [0.29, 0.717) is 15.7 Å². The lowest BCUT2D eigenvalue weighted by molar-refractivity contribution is 0.0466. The lowest BCUT2D eigenvalue weighted by Crippen LogP contribution is -2.05. The SMILES string of the molecule is O=C(OCc1cc(Cl)cc(Cl)c1)c1ccc[nH]1. The van der Waals surface area contributed by atoms with Crippen LogP contribution >= 0.6 is 23.2 Å². The fourth-order valence-electron chi connectivity index (χ4n) is 1.38. The zero-order valence-corrected chi connectivity index (χ0v) is 10.3. The third-order valence-electron chi connectivity index (χ3n) is 2.11. The highest BCUT2D eigenvalue weighted by molar-refractivity contribution is 6.34. The third kappa shape index (κ3) is 3.25. The molecular formula is C12H9Cl2NO2. The molecule has 0 fully saturated rings. The normalized spacial score (nSPS) is 10.2. The highest BCUT2D eigenvalue weighted by Gasteiger charge is 2.08. The maximum absolute atomic E-state index is 11.5. The van der Waals surface area contributed by atoms with E-state index in [1.54, 1.807) is 36.5 Å². The van der Waals surface area contributed by atoms with Crippen molar-refractivity contribution in [3.8, 4) is 0 Å². The van der Waals surface area contributed by atoms with Gasteiger partial charge in [0, 0.05) is 16.2 Å². The Hall–Kier alpha value is -1.45. The zero-order valence-electron chi connectivity index (χ0n) is 8.74. The number of halogens is 2. The van der Waals surface area contributed by atoms with Gasteiger partial charge in [-0.1, -0.05) is 23.2 Å². The molecule has 1 aromatic carbocycles. The van der Waals surface area contributed by atoms with Crippen LogP contribution in [0, 0.1) is 0 Å². The summed E-state index contributed by atoms with van der Waals surface area (Å²) in [5.41, 5.74) is 1.17. The summed E-state index contributed by atoms with van der Waals surface area (Å²) >= 11 is 11.7. The lowest BCUT2D eigenvalue weighted by Gasteiger charge is -2.04. The van der Waals surface area contributed by atoms with Crippen molar-refractivity contribution in [2.45, 2.75) is 6.61 Å². The second kappa shape index (κ2) is 5.25. The summed E-state index contributed by atoms with van der Waals surface area (Å²) < 4.78 is 5.09. The molecule has 3 nitrogen and oxygen atoms in total. The van der Waals surface area contributed by atoms with E-state index in [9.17, 15) is 4.79 Å². The van der Waals surface area contributed by atoms with Gasteiger partial charge in [0.1, 0.15) is 12.3 Å². The Balaban J connectivity index is 2.00. The molecule has 0 saturated carbocycles. The number of rotatable bonds is 3. The van der Waals surface area contributed by atoms with Crippen LogP contribution < -0.4 is 0 Å². The maximum Gasteiger partial charge on any atom is 0.355 e. The van der Waals surface area contributed by atoms with Gasteiger partial charge in [-0.05, 0) is 35.9 Å². The van der Waals surface area contributed by atoms with Crippen LogP contribution in [-0.2, 0) is 11.3 Å². The van der Waals surface area contributed by atoms with Gasteiger partial charge in [0.25, 0.3) is 0 Å². The summed E-state index contributed by atoms with van der Waals surface area (Å²) in [5.74, 6) is -0.411. The van der Waals surface area contributed by atoms with Crippen molar-refractivity contribution in [3.05, 3.63) is 57.8 Å². The molecule has 0 aliphatic carbocycles. The Labute approximate surface area is 108 Å². The van der Waals surface area contributed by atoms with Gasteiger partial charge in [-0.15, -0.1) is 0 Å². The molecule has 2 aromatic rings. The minimum Gasteiger partial charge on any atom is -0.456 e. The molecule has 17 heavy (non-hydrogen) atoms. The molecule has 0 radical (unpaired) electrons. The average molecular weight is 270 g/mol. The molecule has 0 aliphatic heterocycles. The number of ether oxygens (including phenoxy) is 1. The van der Waals surface area contributed by atoms with E-state index >= 15 is 0 Å². The molecule has 1 N–H and O–H groups in total.